The predicted molar refractivity (Wildman–Crippen MR) is 82.1 cm³/mol. The second-order valence-corrected chi connectivity index (χ2v) is 5.86. The highest BCUT2D eigenvalue weighted by atomic mass is 35.5. The van der Waals surface area contributed by atoms with Crippen LogP contribution in [-0.2, 0) is 6.61 Å². The van der Waals surface area contributed by atoms with Crippen LogP contribution in [-0.4, -0.2) is 10.8 Å². The van der Waals surface area contributed by atoms with E-state index < -0.39 is 0 Å². The third kappa shape index (κ3) is 2.54. The summed E-state index contributed by atoms with van der Waals surface area (Å²) in [5.74, 6) is 0.883. The van der Waals surface area contributed by atoms with Crippen molar-refractivity contribution >= 4 is 17.4 Å². The van der Waals surface area contributed by atoms with Crippen molar-refractivity contribution in [3.05, 3.63) is 57.9 Å². The molecule has 0 saturated heterocycles. The molecule has 1 atom stereocenters. The van der Waals surface area contributed by atoms with Crippen LogP contribution in [0.5, 0.6) is 5.75 Å². The molecule has 0 bridgehead atoms. The largest absolute Gasteiger partial charge is 0.488 e. The van der Waals surface area contributed by atoms with Gasteiger partial charge in [0, 0.05) is 29.4 Å². The molecule has 0 radical (unpaired) electrons. The van der Waals surface area contributed by atoms with Crippen molar-refractivity contribution < 1.29 is 9.53 Å². The number of carbonyl (C=O) groups is 1. The Labute approximate surface area is 128 Å². The van der Waals surface area contributed by atoms with E-state index in [4.69, 9.17) is 16.3 Å². The van der Waals surface area contributed by atoms with Crippen molar-refractivity contribution in [1.29, 1.82) is 0 Å². The van der Waals surface area contributed by atoms with Crippen LogP contribution in [0.15, 0.2) is 30.6 Å². The monoisotopic (exact) mass is 301 g/mol. The summed E-state index contributed by atoms with van der Waals surface area (Å²) < 4.78 is 5.87. The number of aromatic nitrogens is 1. The molecule has 2 aromatic rings. The Hall–Kier alpha value is -1.87. The molecule has 1 aliphatic carbocycles. The van der Waals surface area contributed by atoms with Gasteiger partial charge in [-0.2, -0.15) is 0 Å². The zero-order valence-corrected chi connectivity index (χ0v) is 12.8. The van der Waals surface area contributed by atoms with Crippen molar-refractivity contribution in [3.8, 4) is 5.75 Å². The van der Waals surface area contributed by atoms with E-state index in [0.717, 1.165) is 16.7 Å². The number of Topliss-reactive ketones (excluding diaryl/α,β-unsaturated/α-hetero) is 1. The highest BCUT2D eigenvalue weighted by Gasteiger charge is 2.31. The molecule has 0 fully saturated rings. The van der Waals surface area contributed by atoms with Crippen molar-refractivity contribution in [2.75, 3.05) is 0 Å². The zero-order chi connectivity index (χ0) is 15.0. The maximum Gasteiger partial charge on any atom is 0.167 e. The summed E-state index contributed by atoms with van der Waals surface area (Å²) >= 11 is 6.23. The first-order valence-electron chi connectivity index (χ1n) is 6.96. The van der Waals surface area contributed by atoms with Crippen molar-refractivity contribution in [2.24, 2.45) is 0 Å². The first-order valence-corrected chi connectivity index (χ1v) is 7.33. The Morgan fingerprint density at radius 3 is 2.95 bits per heavy atom. The van der Waals surface area contributed by atoms with Gasteiger partial charge in [-0.3, -0.25) is 9.78 Å². The molecule has 0 aliphatic heterocycles. The maximum absolute atomic E-state index is 12.2. The quantitative estimate of drug-likeness (QED) is 0.848. The lowest BCUT2D eigenvalue weighted by Crippen LogP contribution is -2.03. The minimum absolute atomic E-state index is 0.109. The Morgan fingerprint density at radius 1 is 1.38 bits per heavy atom. The minimum Gasteiger partial charge on any atom is -0.488 e. The predicted octanol–water partition coefficient (Wildman–Crippen LogP) is 4.31. The van der Waals surface area contributed by atoms with Gasteiger partial charge in [-0.15, -0.1) is 0 Å². The van der Waals surface area contributed by atoms with Crippen molar-refractivity contribution in [3.63, 3.8) is 0 Å². The summed E-state index contributed by atoms with van der Waals surface area (Å²) in [7, 11) is 0. The van der Waals surface area contributed by atoms with Crippen molar-refractivity contribution in [2.45, 2.75) is 32.8 Å². The molecular formula is C17H16ClNO2. The Morgan fingerprint density at radius 2 is 2.19 bits per heavy atom. The molecule has 0 N–H and O–H groups in total. The third-order valence-corrected chi connectivity index (χ3v) is 4.28. The average molecular weight is 302 g/mol. The molecule has 3 rings (SSSR count). The first-order chi connectivity index (χ1) is 10.1. The third-order valence-electron chi connectivity index (χ3n) is 3.95. The summed E-state index contributed by atoms with van der Waals surface area (Å²) in [6.45, 7) is 4.43. The van der Waals surface area contributed by atoms with Crippen molar-refractivity contribution in [1.82, 2.24) is 4.98 Å². The maximum atomic E-state index is 12.2. The molecule has 1 aromatic heterocycles. The summed E-state index contributed by atoms with van der Waals surface area (Å²) in [5.41, 5.74) is 3.70. The van der Waals surface area contributed by atoms with Gasteiger partial charge in [0.15, 0.2) is 5.78 Å². The van der Waals surface area contributed by atoms with E-state index in [0.29, 0.717) is 29.4 Å². The zero-order valence-electron chi connectivity index (χ0n) is 12.0. The smallest absolute Gasteiger partial charge is 0.167 e. The van der Waals surface area contributed by atoms with E-state index >= 15 is 0 Å². The molecule has 3 nitrogen and oxygen atoms in total. The van der Waals surface area contributed by atoms with Gasteiger partial charge in [0.05, 0.1) is 5.56 Å². The topological polar surface area (TPSA) is 39.2 Å². The molecule has 1 unspecified atom stereocenters. The molecule has 0 saturated carbocycles. The number of pyridine rings is 1. The van der Waals surface area contributed by atoms with Gasteiger partial charge in [0.1, 0.15) is 12.4 Å². The average Bonchev–Trinajstić information content (AvgIpc) is 2.76. The van der Waals surface area contributed by atoms with E-state index in [-0.39, 0.29) is 11.7 Å². The number of nitrogens with zero attached hydrogens (tertiary/aromatic N) is 1. The number of rotatable bonds is 3. The highest BCUT2D eigenvalue weighted by molar-refractivity contribution is 6.32. The fourth-order valence-electron chi connectivity index (χ4n) is 2.75. The van der Waals surface area contributed by atoms with E-state index in [1.165, 1.54) is 0 Å². The number of ketones is 1. The lowest BCUT2D eigenvalue weighted by Gasteiger charge is -2.13. The van der Waals surface area contributed by atoms with Gasteiger partial charge in [-0.1, -0.05) is 18.5 Å². The van der Waals surface area contributed by atoms with Crippen LogP contribution in [0.3, 0.4) is 0 Å². The number of hydrogen-bond donors (Lipinski definition) is 0. The molecule has 0 spiro atoms. The van der Waals surface area contributed by atoms with Crippen LogP contribution in [0.1, 0.15) is 46.3 Å². The first kappa shape index (κ1) is 14.1. The van der Waals surface area contributed by atoms with E-state index in [9.17, 15) is 4.79 Å². The number of aryl methyl sites for hydroxylation is 1. The summed E-state index contributed by atoms with van der Waals surface area (Å²) in [6.07, 6.45) is 4.04. The molecule has 4 heteroatoms. The second-order valence-electron chi connectivity index (χ2n) is 5.45. The highest BCUT2D eigenvalue weighted by Crippen LogP contribution is 2.42. The standard InChI is InChI=1S/C17H16ClNO2/c1-10-5-6-19-8-12(10)9-21-15-4-3-13(18)16-11(2)7-14(20)17(15)16/h3-6,8,11H,7,9H2,1-2H3. The Kier molecular flexibility index (Phi) is 3.68. The molecule has 1 heterocycles. The minimum atomic E-state index is 0.109. The van der Waals surface area contributed by atoms with Gasteiger partial charge in [0.2, 0.25) is 0 Å². The van der Waals surface area contributed by atoms with Crippen LogP contribution < -0.4 is 4.74 Å². The van der Waals surface area contributed by atoms with Crippen LogP contribution >= 0.6 is 11.6 Å². The van der Waals surface area contributed by atoms with Gasteiger partial charge in [0.25, 0.3) is 0 Å². The SMILES string of the molecule is Cc1ccncc1COc1ccc(Cl)c2c1C(=O)CC2C. The fourth-order valence-corrected chi connectivity index (χ4v) is 3.09. The number of halogens is 1. The van der Waals surface area contributed by atoms with Crippen LogP contribution in [0.4, 0.5) is 0 Å². The second kappa shape index (κ2) is 5.49. The number of benzene rings is 1. The van der Waals surface area contributed by atoms with E-state index in [1.807, 2.05) is 19.9 Å². The molecule has 0 amide bonds. The summed E-state index contributed by atoms with van der Waals surface area (Å²) in [6, 6.07) is 5.53. The molecular weight excluding hydrogens is 286 g/mol. The summed E-state index contributed by atoms with van der Waals surface area (Å²) in [5, 5.41) is 0.647. The van der Waals surface area contributed by atoms with E-state index in [1.54, 1.807) is 24.5 Å². The fraction of sp³-hybridized carbons (Fsp3) is 0.294. The van der Waals surface area contributed by atoms with Gasteiger partial charge >= 0.3 is 0 Å². The lowest BCUT2D eigenvalue weighted by atomic mass is 10.0. The Balaban J connectivity index is 1.91. The molecule has 108 valence electrons. The van der Waals surface area contributed by atoms with Gasteiger partial charge < -0.3 is 4.74 Å². The van der Waals surface area contributed by atoms with Crippen LogP contribution in [0, 0.1) is 6.92 Å². The number of ether oxygens (including phenoxy) is 1. The number of fused-ring (bicyclic) bond motifs is 1. The lowest BCUT2D eigenvalue weighted by molar-refractivity contribution is 0.0986. The normalized spacial score (nSPS) is 16.9. The van der Waals surface area contributed by atoms with Crippen LogP contribution in [0.25, 0.3) is 0 Å². The molecule has 1 aromatic carbocycles. The summed E-state index contributed by atoms with van der Waals surface area (Å²) in [4.78, 5) is 16.3. The number of hydrogen-bond acceptors (Lipinski definition) is 3. The van der Waals surface area contributed by atoms with Gasteiger partial charge in [-0.05, 0) is 42.2 Å². The molecule has 1 aliphatic rings. The Bertz CT molecular complexity index is 712. The van der Waals surface area contributed by atoms with Gasteiger partial charge in [-0.25, -0.2) is 0 Å². The number of carbonyl (C=O) groups excluding carboxylic acids is 1. The van der Waals surface area contributed by atoms with E-state index in [2.05, 4.69) is 4.98 Å². The van der Waals surface area contributed by atoms with Crippen LogP contribution in [0.2, 0.25) is 5.02 Å². The molecule has 21 heavy (non-hydrogen) atoms.